The van der Waals surface area contributed by atoms with E-state index in [0.29, 0.717) is 11.8 Å². The molecule has 1 aromatic rings. The van der Waals surface area contributed by atoms with Gasteiger partial charge in [-0.3, -0.25) is 0 Å². The first-order valence-corrected chi connectivity index (χ1v) is 7.51. The molecule has 0 saturated carbocycles. The van der Waals surface area contributed by atoms with Crippen LogP contribution in [0.2, 0.25) is 0 Å². The summed E-state index contributed by atoms with van der Waals surface area (Å²) in [6.45, 7) is 7.05. The van der Waals surface area contributed by atoms with Gasteiger partial charge < -0.3 is 14.8 Å². The molecule has 0 aliphatic heterocycles. The lowest BCUT2D eigenvalue weighted by molar-refractivity contribution is 0.0977. The summed E-state index contributed by atoms with van der Waals surface area (Å²) >= 11 is 0. The van der Waals surface area contributed by atoms with Crippen LogP contribution in [-0.2, 0) is 11.2 Å². The van der Waals surface area contributed by atoms with Gasteiger partial charge in [0.05, 0.1) is 7.11 Å². The van der Waals surface area contributed by atoms with Crippen LogP contribution in [0.1, 0.15) is 25.8 Å². The van der Waals surface area contributed by atoms with Gasteiger partial charge in [-0.2, -0.15) is 0 Å². The number of benzene rings is 1. The fourth-order valence-corrected chi connectivity index (χ4v) is 2.32. The van der Waals surface area contributed by atoms with Crippen molar-refractivity contribution in [1.82, 2.24) is 5.32 Å². The van der Waals surface area contributed by atoms with Crippen LogP contribution in [0.25, 0.3) is 0 Å². The standard InChI is InChI=1S/C17H29NO2/c1-14(2)13-20-10-9-15(12-18-3)11-16-7-5-6-8-17(16)19-4/h5-8,14-15,18H,9-13H2,1-4H3. The summed E-state index contributed by atoms with van der Waals surface area (Å²) in [5, 5.41) is 3.28. The summed E-state index contributed by atoms with van der Waals surface area (Å²) in [5.74, 6) is 2.16. The third kappa shape index (κ3) is 6.40. The topological polar surface area (TPSA) is 30.5 Å². The molecule has 3 nitrogen and oxygen atoms in total. The molecular weight excluding hydrogens is 250 g/mol. The van der Waals surface area contributed by atoms with E-state index >= 15 is 0 Å². The molecule has 0 radical (unpaired) electrons. The van der Waals surface area contributed by atoms with Crippen molar-refractivity contribution in [3.8, 4) is 5.75 Å². The average molecular weight is 279 g/mol. The number of para-hydroxylation sites is 1. The fraction of sp³-hybridized carbons (Fsp3) is 0.647. The molecule has 0 heterocycles. The van der Waals surface area contributed by atoms with E-state index in [2.05, 4.69) is 31.3 Å². The Bertz CT molecular complexity index is 366. The van der Waals surface area contributed by atoms with Gasteiger partial charge >= 0.3 is 0 Å². The number of nitrogens with one attached hydrogen (secondary N) is 1. The molecule has 1 N–H and O–H groups in total. The van der Waals surface area contributed by atoms with Crippen LogP contribution >= 0.6 is 0 Å². The monoisotopic (exact) mass is 279 g/mol. The third-order valence-electron chi connectivity index (χ3n) is 3.32. The minimum Gasteiger partial charge on any atom is -0.496 e. The molecule has 1 aromatic carbocycles. The summed E-state index contributed by atoms with van der Waals surface area (Å²) < 4.78 is 11.1. The van der Waals surface area contributed by atoms with Gasteiger partial charge in [-0.1, -0.05) is 32.0 Å². The molecule has 0 aliphatic carbocycles. The number of rotatable bonds is 10. The maximum Gasteiger partial charge on any atom is 0.122 e. The lowest BCUT2D eigenvalue weighted by atomic mass is 9.96. The van der Waals surface area contributed by atoms with Gasteiger partial charge in [-0.15, -0.1) is 0 Å². The van der Waals surface area contributed by atoms with E-state index in [1.807, 2.05) is 19.2 Å². The van der Waals surface area contributed by atoms with E-state index in [-0.39, 0.29) is 0 Å². The van der Waals surface area contributed by atoms with Gasteiger partial charge in [0.25, 0.3) is 0 Å². The van der Waals surface area contributed by atoms with Crippen molar-refractivity contribution >= 4 is 0 Å². The summed E-state index contributed by atoms with van der Waals surface area (Å²) in [6, 6.07) is 8.27. The smallest absolute Gasteiger partial charge is 0.122 e. The van der Waals surface area contributed by atoms with Crippen LogP contribution < -0.4 is 10.1 Å². The molecule has 1 rings (SSSR count). The fourth-order valence-electron chi connectivity index (χ4n) is 2.32. The van der Waals surface area contributed by atoms with Crippen LogP contribution in [0.4, 0.5) is 0 Å². The predicted molar refractivity (Wildman–Crippen MR) is 84.4 cm³/mol. The molecule has 0 aromatic heterocycles. The molecule has 0 spiro atoms. The highest BCUT2D eigenvalue weighted by molar-refractivity contribution is 5.33. The lowest BCUT2D eigenvalue weighted by Gasteiger charge is -2.18. The first kappa shape index (κ1) is 17.0. The lowest BCUT2D eigenvalue weighted by Crippen LogP contribution is -2.22. The zero-order valence-corrected chi connectivity index (χ0v) is 13.3. The molecule has 0 aliphatic rings. The number of methoxy groups -OCH3 is 1. The Labute approximate surface area is 123 Å². The molecule has 0 fully saturated rings. The van der Waals surface area contributed by atoms with E-state index in [9.17, 15) is 0 Å². The molecule has 0 amide bonds. The summed E-state index contributed by atoms with van der Waals surface area (Å²) in [7, 11) is 3.74. The highest BCUT2D eigenvalue weighted by Crippen LogP contribution is 2.22. The zero-order chi connectivity index (χ0) is 14.8. The van der Waals surface area contributed by atoms with Crippen molar-refractivity contribution in [1.29, 1.82) is 0 Å². The third-order valence-corrected chi connectivity index (χ3v) is 3.32. The van der Waals surface area contributed by atoms with E-state index in [1.165, 1.54) is 5.56 Å². The first-order chi connectivity index (χ1) is 9.67. The summed E-state index contributed by atoms with van der Waals surface area (Å²) in [4.78, 5) is 0. The quantitative estimate of drug-likeness (QED) is 0.667. The van der Waals surface area contributed by atoms with E-state index in [0.717, 1.165) is 38.3 Å². The molecule has 20 heavy (non-hydrogen) atoms. The van der Waals surface area contributed by atoms with E-state index in [4.69, 9.17) is 9.47 Å². The van der Waals surface area contributed by atoms with Gasteiger partial charge in [-0.25, -0.2) is 0 Å². The molecular formula is C17H29NO2. The highest BCUT2D eigenvalue weighted by atomic mass is 16.5. The number of hydrogen-bond acceptors (Lipinski definition) is 3. The minimum atomic E-state index is 0.573. The summed E-state index contributed by atoms with van der Waals surface area (Å²) in [6.07, 6.45) is 2.10. The van der Waals surface area contributed by atoms with Gasteiger partial charge in [0.1, 0.15) is 5.75 Å². The van der Waals surface area contributed by atoms with E-state index in [1.54, 1.807) is 7.11 Å². The Kier molecular flexibility index (Phi) is 8.31. The van der Waals surface area contributed by atoms with Crippen molar-refractivity contribution in [2.45, 2.75) is 26.7 Å². The van der Waals surface area contributed by atoms with Crippen LogP contribution in [0, 0.1) is 11.8 Å². The van der Waals surface area contributed by atoms with Gasteiger partial charge in [0, 0.05) is 13.2 Å². The predicted octanol–water partition coefficient (Wildman–Crippen LogP) is 3.14. The second kappa shape index (κ2) is 9.78. The molecule has 1 atom stereocenters. The molecule has 0 saturated heterocycles. The number of hydrogen-bond donors (Lipinski definition) is 1. The van der Waals surface area contributed by atoms with Crippen molar-refractivity contribution < 1.29 is 9.47 Å². The van der Waals surface area contributed by atoms with Crippen LogP contribution in [0.3, 0.4) is 0 Å². The van der Waals surface area contributed by atoms with Gasteiger partial charge in [0.15, 0.2) is 0 Å². The Balaban J connectivity index is 2.49. The molecule has 114 valence electrons. The highest BCUT2D eigenvalue weighted by Gasteiger charge is 2.12. The molecule has 1 unspecified atom stereocenters. The average Bonchev–Trinajstić information content (AvgIpc) is 2.44. The van der Waals surface area contributed by atoms with Crippen molar-refractivity contribution in [3.05, 3.63) is 29.8 Å². The summed E-state index contributed by atoms with van der Waals surface area (Å²) in [5.41, 5.74) is 1.28. The molecule has 3 heteroatoms. The number of ether oxygens (including phenoxy) is 2. The maximum atomic E-state index is 5.71. The Morgan fingerprint density at radius 1 is 1.20 bits per heavy atom. The van der Waals surface area contributed by atoms with Crippen molar-refractivity contribution in [3.63, 3.8) is 0 Å². The Morgan fingerprint density at radius 3 is 2.60 bits per heavy atom. The van der Waals surface area contributed by atoms with Crippen molar-refractivity contribution in [2.24, 2.45) is 11.8 Å². The second-order valence-corrected chi connectivity index (χ2v) is 5.70. The zero-order valence-electron chi connectivity index (χ0n) is 13.3. The van der Waals surface area contributed by atoms with Gasteiger partial charge in [0.2, 0.25) is 0 Å². The normalized spacial score (nSPS) is 12.7. The first-order valence-electron chi connectivity index (χ1n) is 7.51. The van der Waals surface area contributed by atoms with Gasteiger partial charge in [-0.05, 0) is 49.9 Å². The van der Waals surface area contributed by atoms with Crippen LogP contribution in [0.5, 0.6) is 5.75 Å². The maximum absolute atomic E-state index is 5.71. The molecule has 0 bridgehead atoms. The second-order valence-electron chi connectivity index (χ2n) is 5.70. The van der Waals surface area contributed by atoms with Crippen LogP contribution in [0.15, 0.2) is 24.3 Å². The Morgan fingerprint density at radius 2 is 1.95 bits per heavy atom. The van der Waals surface area contributed by atoms with E-state index < -0.39 is 0 Å². The Hall–Kier alpha value is -1.06. The minimum absolute atomic E-state index is 0.573. The van der Waals surface area contributed by atoms with Crippen molar-refractivity contribution in [2.75, 3.05) is 33.9 Å². The van der Waals surface area contributed by atoms with Crippen LogP contribution in [-0.4, -0.2) is 33.9 Å². The largest absolute Gasteiger partial charge is 0.496 e. The SMILES string of the molecule is CNCC(CCOCC(C)C)Cc1ccccc1OC.